The third-order valence-corrected chi connectivity index (χ3v) is 2.56. The summed E-state index contributed by atoms with van der Waals surface area (Å²) in [6.45, 7) is 6.13. The Morgan fingerprint density at radius 3 is 2.94 bits per heavy atom. The molecule has 1 rings (SSSR count). The van der Waals surface area contributed by atoms with Gasteiger partial charge in [-0.1, -0.05) is 0 Å². The fourth-order valence-electron chi connectivity index (χ4n) is 1.66. The molecule has 0 bridgehead atoms. The minimum absolute atomic E-state index is 0.307. The summed E-state index contributed by atoms with van der Waals surface area (Å²) in [6.07, 6.45) is 2.30. The first-order valence-electron chi connectivity index (χ1n) is 6.39. The predicted molar refractivity (Wildman–Crippen MR) is 69.5 cm³/mol. The first-order valence-corrected chi connectivity index (χ1v) is 6.39. The molecule has 5 nitrogen and oxygen atoms in total. The van der Waals surface area contributed by atoms with Crippen molar-refractivity contribution >= 4 is 5.96 Å². The van der Waals surface area contributed by atoms with Crippen LogP contribution in [-0.2, 0) is 9.47 Å². The van der Waals surface area contributed by atoms with Gasteiger partial charge in [-0.3, -0.25) is 4.99 Å². The maximum absolute atomic E-state index is 5.68. The SMILES string of the molecule is CCNC(=NCCCOC1CCOC1)N(C)C. The maximum atomic E-state index is 5.68. The highest BCUT2D eigenvalue weighted by Gasteiger charge is 2.15. The van der Waals surface area contributed by atoms with E-state index in [4.69, 9.17) is 9.47 Å². The van der Waals surface area contributed by atoms with E-state index in [2.05, 4.69) is 17.2 Å². The van der Waals surface area contributed by atoms with E-state index >= 15 is 0 Å². The Bertz CT molecular complexity index is 226. The summed E-state index contributed by atoms with van der Waals surface area (Å²) >= 11 is 0. The topological polar surface area (TPSA) is 46.1 Å². The van der Waals surface area contributed by atoms with Crippen LogP contribution in [0.25, 0.3) is 0 Å². The van der Waals surface area contributed by atoms with Crippen LogP contribution in [-0.4, -0.2) is 64.0 Å². The van der Waals surface area contributed by atoms with Crippen LogP contribution >= 0.6 is 0 Å². The second-order valence-electron chi connectivity index (χ2n) is 4.34. The lowest BCUT2D eigenvalue weighted by Crippen LogP contribution is -2.36. The third kappa shape index (κ3) is 5.89. The first kappa shape index (κ1) is 14.3. The molecular weight excluding hydrogens is 218 g/mol. The van der Waals surface area contributed by atoms with Gasteiger partial charge in [0, 0.05) is 40.4 Å². The van der Waals surface area contributed by atoms with Crippen molar-refractivity contribution in [3.8, 4) is 0 Å². The van der Waals surface area contributed by atoms with Crippen LogP contribution in [0, 0.1) is 0 Å². The quantitative estimate of drug-likeness (QED) is 0.424. The maximum Gasteiger partial charge on any atom is 0.193 e. The van der Waals surface area contributed by atoms with Gasteiger partial charge >= 0.3 is 0 Å². The number of rotatable bonds is 6. The average molecular weight is 243 g/mol. The van der Waals surface area contributed by atoms with Gasteiger partial charge in [0.05, 0.1) is 12.7 Å². The van der Waals surface area contributed by atoms with Gasteiger partial charge in [-0.25, -0.2) is 0 Å². The number of aliphatic imine (C=N–C) groups is 1. The molecule has 0 radical (unpaired) electrons. The molecule has 1 N–H and O–H groups in total. The van der Waals surface area contributed by atoms with Crippen molar-refractivity contribution in [2.24, 2.45) is 4.99 Å². The zero-order valence-corrected chi connectivity index (χ0v) is 11.2. The van der Waals surface area contributed by atoms with Gasteiger partial charge in [0.15, 0.2) is 5.96 Å². The van der Waals surface area contributed by atoms with Crippen molar-refractivity contribution in [3.05, 3.63) is 0 Å². The molecule has 1 atom stereocenters. The Labute approximate surface area is 104 Å². The van der Waals surface area contributed by atoms with E-state index in [0.29, 0.717) is 6.10 Å². The van der Waals surface area contributed by atoms with Crippen molar-refractivity contribution < 1.29 is 9.47 Å². The van der Waals surface area contributed by atoms with Crippen LogP contribution in [0.15, 0.2) is 4.99 Å². The van der Waals surface area contributed by atoms with Gasteiger partial charge in [-0.2, -0.15) is 0 Å². The lowest BCUT2D eigenvalue weighted by Gasteiger charge is -2.16. The lowest BCUT2D eigenvalue weighted by molar-refractivity contribution is 0.0424. The Balaban J connectivity index is 2.09. The molecule has 1 fully saturated rings. The van der Waals surface area contributed by atoms with Gasteiger partial charge in [-0.05, 0) is 19.8 Å². The van der Waals surface area contributed by atoms with Crippen molar-refractivity contribution in [1.29, 1.82) is 0 Å². The van der Waals surface area contributed by atoms with E-state index in [1.54, 1.807) is 0 Å². The smallest absolute Gasteiger partial charge is 0.193 e. The summed E-state index contributed by atoms with van der Waals surface area (Å²) < 4.78 is 10.9. The molecule has 0 aromatic carbocycles. The van der Waals surface area contributed by atoms with Gasteiger partial charge in [-0.15, -0.1) is 0 Å². The average Bonchev–Trinajstić information content (AvgIpc) is 2.80. The standard InChI is InChI=1S/C12H25N3O2/c1-4-13-12(15(2)3)14-7-5-8-17-11-6-9-16-10-11/h11H,4-10H2,1-3H3,(H,13,14). The van der Waals surface area contributed by atoms with E-state index in [9.17, 15) is 0 Å². The molecule has 1 unspecified atom stereocenters. The monoisotopic (exact) mass is 243 g/mol. The van der Waals surface area contributed by atoms with Crippen molar-refractivity contribution in [2.45, 2.75) is 25.9 Å². The van der Waals surface area contributed by atoms with Gasteiger partial charge < -0.3 is 19.7 Å². The summed E-state index contributed by atoms with van der Waals surface area (Å²) in [6, 6.07) is 0. The molecule has 1 heterocycles. The van der Waals surface area contributed by atoms with Crippen LogP contribution in [0.5, 0.6) is 0 Å². The molecule has 0 aliphatic carbocycles. The van der Waals surface area contributed by atoms with Gasteiger partial charge in [0.1, 0.15) is 0 Å². The minimum atomic E-state index is 0.307. The predicted octanol–water partition coefficient (Wildman–Crippen LogP) is 0.709. The van der Waals surface area contributed by atoms with Gasteiger partial charge in [0.2, 0.25) is 0 Å². The van der Waals surface area contributed by atoms with Crippen LogP contribution in [0.4, 0.5) is 0 Å². The fraction of sp³-hybridized carbons (Fsp3) is 0.917. The molecule has 0 aromatic rings. The molecule has 1 aliphatic rings. The molecule has 17 heavy (non-hydrogen) atoms. The van der Waals surface area contributed by atoms with Crippen LogP contribution in [0.1, 0.15) is 19.8 Å². The highest BCUT2D eigenvalue weighted by Crippen LogP contribution is 2.08. The molecule has 0 amide bonds. The van der Waals surface area contributed by atoms with Crippen LogP contribution in [0.2, 0.25) is 0 Å². The zero-order chi connectivity index (χ0) is 12.5. The largest absolute Gasteiger partial charge is 0.379 e. The molecule has 100 valence electrons. The van der Waals surface area contributed by atoms with E-state index in [1.807, 2.05) is 19.0 Å². The number of guanidine groups is 1. The number of hydrogen-bond donors (Lipinski definition) is 1. The van der Waals surface area contributed by atoms with Crippen molar-refractivity contribution in [2.75, 3.05) is 47.0 Å². The summed E-state index contributed by atoms with van der Waals surface area (Å²) in [7, 11) is 3.99. The molecule has 1 aliphatic heterocycles. The van der Waals surface area contributed by atoms with E-state index in [1.165, 1.54) is 0 Å². The van der Waals surface area contributed by atoms with Crippen LogP contribution in [0.3, 0.4) is 0 Å². The number of ether oxygens (including phenoxy) is 2. The Kier molecular flexibility index (Phi) is 6.96. The molecule has 0 spiro atoms. The molecule has 1 saturated heterocycles. The van der Waals surface area contributed by atoms with E-state index in [-0.39, 0.29) is 0 Å². The fourth-order valence-corrected chi connectivity index (χ4v) is 1.66. The molecule has 5 heteroatoms. The minimum Gasteiger partial charge on any atom is -0.379 e. The Morgan fingerprint density at radius 1 is 1.53 bits per heavy atom. The van der Waals surface area contributed by atoms with E-state index < -0.39 is 0 Å². The zero-order valence-electron chi connectivity index (χ0n) is 11.2. The summed E-state index contributed by atoms with van der Waals surface area (Å²) in [5.41, 5.74) is 0. The highest BCUT2D eigenvalue weighted by atomic mass is 16.5. The number of hydrogen-bond acceptors (Lipinski definition) is 3. The normalized spacial score (nSPS) is 20.6. The Hall–Kier alpha value is -0.810. The third-order valence-electron chi connectivity index (χ3n) is 2.56. The lowest BCUT2D eigenvalue weighted by atomic mass is 10.3. The molecular formula is C12H25N3O2. The summed E-state index contributed by atoms with van der Waals surface area (Å²) in [5.74, 6) is 0.941. The van der Waals surface area contributed by atoms with Crippen LogP contribution < -0.4 is 5.32 Å². The number of nitrogens with zero attached hydrogens (tertiary/aromatic N) is 2. The Morgan fingerprint density at radius 2 is 2.35 bits per heavy atom. The highest BCUT2D eigenvalue weighted by molar-refractivity contribution is 5.79. The molecule has 0 saturated carbocycles. The summed E-state index contributed by atoms with van der Waals surface area (Å²) in [5, 5.41) is 3.23. The number of nitrogens with one attached hydrogen (secondary N) is 1. The first-order chi connectivity index (χ1) is 8.24. The molecule has 0 aromatic heterocycles. The summed E-state index contributed by atoms with van der Waals surface area (Å²) in [4.78, 5) is 6.49. The van der Waals surface area contributed by atoms with Crippen molar-refractivity contribution in [3.63, 3.8) is 0 Å². The second-order valence-corrected chi connectivity index (χ2v) is 4.34. The second kappa shape index (κ2) is 8.31. The van der Waals surface area contributed by atoms with E-state index in [0.717, 1.165) is 51.7 Å². The van der Waals surface area contributed by atoms with Gasteiger partial charge in [0.25, 0.3) is 0 Å². The van der Waals surface area contributed by atoms with Crippen molar-refractivity contribution in [1.82, 2.24) is 10.2 Å².